The van der Waals surface area contributed by atoms with Gasteiger partial charge in [-0.15, -0.1) is 0 Å². The van der Waals surface area contributed by atoms with Crippen LogP contribution in [-0.2, 0) is 16.1 Å². The number of nitro groups is 1. The third-order valence-corrected chi connectivity index (χ3v) is 6.18. The number of hydrogen-bond acceptors (Lipinski definition) is 8. The molecule has 1 aliphatic heterocycles. The van der Waals surface area contributed by atoms with Crippen LogP contribution >= 0.6 is 34.4 Å². The van der Waals surface area contributed by atoms with Crippen molar-refractivity contribution in [2.24, 2.45) is 0 Å². The van der Waals surface area contributed by atoms with Gasteiger partial charge in [-0.1, -0.05) is 0 Å². The number of benzene rings is 2. The van der Waals surface area contributed by atoms with Crippen LogP contribution < -0.4 is 9.47 Å². The van der Waals surface area contributed by atoms with E-state index in [4.69, 9.17) is 14.2 Å². The molecule has 0 bridgehead atoms. The zero-order valence-corrected chi connectivity index (χ0v) is 20.2. The van der Waals surface area contributed by atoms with Crippen LogP contribution in [0, 0.1) is 13.7 Å². The fourth-order valence-electron chi connectivity index (χ4n) is 2.86. The number of imide groups is 1. The van der Waals surface area contributed by atoms with E-state index in [2.05, 4.69) is 22.6 Å². The summed E-state index contributed by atoms with van der Waals surface area (Å²) in [4.78, 5) is 36.4. The van der Waals surface area contributed by atoms with Crippen LogP contribution in [0.3, 0.4) is 0 Å². The summed E-state index contributed by atoms with van der Waals surface area (Å²) in [7, 11) is 3.01. The van der Waals surface area contributed by atoms with E-state index in [0.717, 1.165) is 25.8 Å². The first-order chi connectivity index (χ1) is 15.3. The molecule has 0 saturated carbocycles. The highest BCUT2D eigenvalue weighted by atomic mass is 127. The van der Waals surface area contributed by atoms with Crippen molar-refractivity contribution in [1.82, 2.24) is 4.90 Å². The van der Waals surface area contributed by atoms with Crippen LogP contribution in [0.4, 0.5) is 10.5 Å². The van der Waals surface area contributed by atoms with Gasteiger partial charge in [-0.3, -0.25) is 24.6 Å². The fraction of sp³-hybridized carbons (Fsp3) is 0.238. The summed E-state index contributed by atoms with van der Waals surface area (Å²) in [5, 5.41) is 10.5. The van der Waals surface area contributed by atoms with Crippen molar-refractivity contribution in [3.05, 3.63) is 66.1 Å². The molecule has 1 fully saturated rings. The summed E-state index contributed by atoms with van der Waals surface area (Å²) in [6.45, 7) is 0.675. The van der Waals surface area contributed by atoms with Gasteiger partial charge in [0, 0.05) is 19.2 Å². The monoisotopic (exact) mass is 570 g/mol. The Hall–Kier alpha value is -2.64. The molecule has 1 heterocycles. The predicted octanol–water partition coefficient (Wildman–Crippen LogP) is 4.47. The van der Waals surface area contributed by atoms with Gasteiger partial charge in [-0.25, -0.2) is 0 Å². The van der Waals surface area contributed by atoms with Gasteiger partial charge in [0.15, 0.2) is 11.5 Å². The van der Waals surface area contributed by atoms with E-state index in [1.807, 2.05) is 6.07 Å². The van der Waals surface area contributed by atoms with E-state index in [-0.39, 0.29) is 36.6 Å². The Balaban J connectivity index is 1.77. The number of nitrogens with zero attached hydrogens (tertiary/aromatic N) is 2. The van der Waals surface area contributed by atoms with Crippen molar-refractivity contribution in [2.75, 3.05) is 27.4 Å². The molecule has 3 rings (SSSR count). The van der Waals surface area contributed by atoms with Crippen molar-refractivity contribution in [1.29, 1.82) is 0 Å². The first kappa shape index (κ1) is 24.0. The van der Waals surface area contributed by atoms with E-state index in [0.29, 0.717) is 22.0 Å². The maximum Gasteiger partial charge on any atom is 0.293 e. The first-order valence-electron chi connectivity index (χ1n) is 9.32. The maximum absolute atomic E-state index is 12.5. The minimum absolute atomic E-state index is 0.0110. The second kappa shape index (κ2) is 10.8. The number of ether oxygens (including phenoxy) is 3. The molecule has 0 atom stereocenters. The standard InChI is InChI=1S/C21H19IN2O7S/c1-29-8-7-23-20(25)18(32-21(23)26)11-14-9-16(22)19(17(10-14)30-2)31-12-13-3-5-15(6-4-13)24(27)28/h3-6,9-11H,7-8,12H2,1-2H3/b18-11+. The summed E-state index contributed by atoms with van der Waals surface area (Å²) in [5.41, 5.74) is 1.46. The zero-order chi connectivity index (χ0) is 23.3. The Bertz CT molecular complexity index is 1070. The minimum Gasteiger partial charge on any atom is -0.493 e. The number of halogens is 1. The quantitative estimate of drug-likeness (QED) is 0.188. The average molecular weight is 570 g/mol. The lowest BCUT2D eigenvalue weighted by molar-refractivity contribution is -0.384. The molecule has 1 aliphatic rings. The number of rotatable bonds is 9. The lowest BCUT2D eigenvalue weighted by Gasteiger charge is -2.14. The molecule has 11 heteroatoms. The van der Waals surface area contributed by atoms with Crippen LogP contribution in [0.1, 0.15) is 11.1 Å². The molecule has 32 heavy (non-hydrogen) atoms. The molecule has 168 valence electrons. The van der Waals surface area contributed by atoms with E-state index in [1.54, 1.807) is 24.3 Å². The Morgan fingerprint density at radius 1 is 1.19 bits per heavy atom. The van der Waals surface area contributed by atoms with Crippen molar-refractivity contribution in [3.63, 3.8) is 0 Å². The number of carbonyl (C=O) groups is 2. The highest BCUT2D eigenvalue weighted by Crippen LogP contribution is 2.37. The topological polar surface area (TPSA) is 108 Å². The van der Waals surface area contributed by atoms with Gasteiger partial charge in [0.25, 0.3) is 16.8 Å². The van der Waals surface area contributed by atoms with Crippen molar-refractivity contribution >= 4 is 57.3 Å². The lowest BCUT2D eigenvalue weighted by Crippen LogP contribution is -2.31. The molecule has 0 N–H and O–H groups in total. The smallest absolute Gasteiger partial charge is 0.293 e. The summed E-state index contributed by atoms with van der Waals surface area (Å²) in [5.74, 6) is 0.616. The number of thioether (sulfide) groups is 1. The van der Waals surface area contributed by atoms with Crippen LogP contribution in [0.2, 0.25) is 0 Å². The minimum atomic E-state index is -0.457. The third kappa shape index (κ3) is 5.58. The first-order valence-corrected chi connectivity index (χ1v) is 11.2. The van der Waals surface area contributed by atoms with Crippen LogP contribution in [0.5, 0.6) is 11.5 Å². The summed E-state index contributed by atoms with van der Waals surface area (Å²) in [6, 6.07) is 9.64. The van der Waals surface area contributed by atoms with Gasteiger partial charge in [0.2, 0.25) is 0 Å². The van der Waals surface area contributed by atoms with Gasteiger partial charge >= 0.3 is 0 Å². The molecule has 0 radical (unpaired) electrons. The molecular weight excluding hydrogens is 551 g/mol. The summed E-state index contributed by atoms with van der Waals surface area (Å²) < 4.78 is 17.0. The highest BCUT2D eigenvalue weighted by molar-refractivity contribution is 14.1. The molecule has 0 aromatic heterocycles. The average Bonchev–Trinajstić information content (AvgIpc) is 3.03. The number of nitro benzene ring substituents is 1. The van der Waals surface area contributed by atoms with Crippen LogP contribution in [0.25, 0.3) is 6.08 Å². The Labute approximate surface area is 202 Å². The number of non-ortho nitro benzene ring substituents is 1. The highest BCUT2D eigenvalue weighted by Gasteiger charge is 2.34. The van der Waals surface area contributed by atoms with Crippen molar-refractivity contribution in [3.8, 4) is 11.5 Å². The van der Waals surface area contributed by atoms with E-state index < -0.39 is 4.92 Å². The second-order valence-electron chi connectivity index (χ2n) is 6.57. The van der Waals surface area contributed by atoms with Gasteiger partial charge in [0.1, 0.15) is 6.61 Å². The van der Waals surface area contributed by atoms with E-state index >= 15 is 0 Å². The molecular formula is C21H19IN2O7S. The number of hydrogen-bond donors (Lipinski definition) is 0. The van der Waals surface area contributed by atoms with Crippen molar-refractivity contribution in [2.45, 2.75) is 6.61 Å². The molecule has 2 aromatic carbocycles. The van der Waals surface area contributed by atoms with Crippen LogP contribution in [0.15, 0.2) is 41.3 Å². The molecule has 0 aliphatic carbocycles. The fourth-order valence-corrected chi connectivity index (χ4v) is 4.51. The lowest BCUT2D eigenvalue weighted by atomic mass is 10.1. The Morgan fingerprint density at radius 2 is 1.91 bits per heavy atom. The molecule has 0 unspecified atom stereocenters. The maximum atomic E-state index is 12.5. The molecule has 1 saturated heterocycles. The zero-order valence-electron chi connectivity index (χ0n) is 17.2. The van der Waals surface area contributed by atoms with Gasteiger partial charge in [0.05, 0.1) is 33.7 Å². The molecule has 9 nitrogen and oxygen atoms in total. The van der Waals surface area contributed by atoms with E-state index in [1.165, 1.54) is 26.4 Å². The van der Waals surface area contributed by atoms with Gasteiger partial charge in [-0.05, 0) is 75.8 Å². The van der Waals surface area contributed by atoms with Gasteiger partial charge in [-0.2, -0.15) is 0 Å². The molecule has 0 spiro atoms. The predicted molar refractivity (Wildman–Crippen MR) is 128 cm³/mol. The van der Waals surface area contributed by atoms with Crippen LogP contribution in [-0.4, -0.2) is 48.3 Å². The molecule has 2 aromatic rings. The normalized spacial score (nSPS) is 14.8. The number of amides is 2. The number of carbonyl (C=O) groups excluding carboxylic acids is 2. The van der Waals surface area contributed by atoms with E-state index in [9.17, 15) is 19.7 Å². The Kier molecular flexibility index (Phi) is 8.10. The largest absolute Gasteiger partial charge is 0.493 e. The number of methoxy groups -OCH3 is 2. The summed E-state index contributed by atoms with van der Waals surface area (Å²) in [6.07, 6.45) is 1.64. The second-order valence-corrected chi connectivity index (χ2v) is 8.73. The Morgan fingerprint density at radius 3 is 2.53 bits per heavy atom. The van der Waals surface area contributed by atoms with Gasteiger partial charge < -0.3 is 14.2 Å². The third-order valence-electron chi connectivity index (χ3n) is 4.47. The SMILES string of the molecule is COCCN1C(=O)S/C(=C/c2cc(I)c(OCc3ccc([N+](=O)[O-])cc3)c(OC)c2)C1=O. The summed E-state index contributed by atoms with van der Waals surface area (Å²) >= 11 is 2.98. The van der Waals surface area contributed by atoms with Crippen molar-refractivity contribution < 1.29 is 28.7 Å². The molecule has 2 amide bonds.